The van der Waals surface area contributed by atoms with Crippen molar-refractivity contribution in [1.29, 1.82) is 0 Å². The van der Waals surface area contributed by atoms with Gasteiger partial charge in [-0.1, -0.05) is 12.1 Å². The number of hydrogen-bond acceptors (Lipinski definition) is 2. The molecule has 1 aliphatic rings. The Kier molecular flexibility index (Phi) is 2.50. The fourth-order valence-corrected chi connectivity index (χ4v) is 1.37. The van der Waals surface area contributed by atoms with Crippen LogP contribution in [0, 0.1) is 5.92 Å². The standard InChI is InChI=1S/C11H14N2O/c12-7-8-2-1-3-10(6-8)13-11(14)9-4-5-9/h1-3,6,9H,4-5,7,12H2,(H,13,14). The van der Waals surface area contributed by atoms with Crippen LogP contribution in [0.4, 0.5) is 5.69 Å². The van der Waals surface area contributed by atoms with Gasteiger partial charge in [0.1, 0.15) is 0 Å². The van der Waals surface area contributed by atoms with Crippen molar-refractivity contribution in [2.24, 2.45) is 11.7 Å². The molecule has 1 aromatic rings. The molecule has 0 unspecified atom stereocenters. The van der Waals surface area contributed by atoms with Crippen molar-refractivity contribution >= 4 is 11.6 Å². The maximum Gasteiger partial charge on any atom is 0.227 e. The van der Waals surface area contributed by atoms with E-state index in [9.17, 15) is 4.79 Å². The van der Waals surface area contributed by atoms with E-state index in [2.05, 4.69) is 5.32 Å². The summed E-state index contributed by atoms with van der Waals surface area (Å²) in [5, 5.41) is 2.88. The summed E-state index contributed by atoms with van der Waals surface area (Å²) in [5.74, 6) is 0.385. The lowest BCUT2D eigenvalue weighted by Crippen LogP contribution is -2.13. The van der Waals surface area contributed by atoms with Crippen molar-refractivity contribution in [3.05, 3.63) is 29.8 Å². The molecule has 0 spiro atoms. The van der Waals surface area contributed by atoms with E-state index in [4.69, 9.17) is 5.73 Å². The maximum absolute atomic E-state index is 11.4. The Balaban J connectivity index is 2.04. The van der Waals surface area contributed by atoms with Gasteiger partial charge in [0, 0.05) is 18.2 Å². The van der Waals surface area contributed by atoms with Crippen LogP contribution in [0.1, 0.15) is 18.4 Å². The Morgan fingerprint density at radius 1 is 1.50 bits per heavy atom. The van der Waals surface area contributed by atoms with Crippen molar-refractivity contribution in [2.75, 3.05) is 5.32 Å². The third-order valence-electron chi connectivity index (χ3n) is 2.38. The predicted octanol–water partition coefficient (Wildman–Crippen LogP) is 1.49. The third-order valence-corrected chi connectivity index (χ3v) is 2.38. The number of rotatable bonds is 3. The van der Waals surface area contributed by atoms with Gasteiger partial charge in [-0.3, -0.25) is 4.79 Å². The van der Waals surface area contributed by atoms with Crippen LogP contribution >= 0.6 is 0 Å². The molecule has 0 heterocycles. The molecule has 74 valence electrons. The molecule has 0 aromatic heterocycles. The van der Waals surface area contributed by atoms with Crippen LogP contribution < -0.4 is 11.1 Å². The summed E-state index contributed by atoms with van der Waals surface area (Å²) in [6.45, 7) is 0.507. The quantitative estimate of drug-likeness (QED) is 0.758. The molecule has 14 heavy (non-hydrogen) atoms. The lowest BCUT2D eigenvalue weighted by Gasteiger charge is -2.05. The van der Waals surface area contributed by atoms with Crippen LogP contribution in [-0.4, -0.2) is 5.91 Å². The molecule has 3 N–H and O–H groups in total. The molecular weight excluding hydrogens is 176 g/mol. The monoisotopic (exact) mass is 190 g/mol. The minimum absolute atomic E-state index is 0.138. The van der Waals surface area contributed by atoms with Crippen LogP contribution in [0.25, 0.3) is 0 Å². The lowest BCUT2D eigenvalue weighted by molar-refractivity contribution is -0.117. The summed E-state index contributed by atoms with van der Waals surface area (Å²) in [4.78, 5) is 11.4. The van der Waals surface area contributed by atoms with Crippen LogP contribution in [0.15, 0.2) is 24.3 Å². The molecule has 2 rings (SSSR count). The topological polar surface area (TPSA) is 55.1 Å². The number of benzene rings is 1. The molecule has 3 heteroatoms. The molecule has 3 nitrogen and oxygen atoms in total. The summed E-state index contributed by atoms with van der Waals surface area (Å²) in [5.41, 5.74) is 7.40. The predicted molar refractivity (Wildman–Crippen MR) is 55.7 cm³/mol. The number of hydrogen-bond donors (Lipinski definition) is 2. The van der Waals surface area contributed by atoms with Gasteiger partial charge >= 0.3 is 0 Å². The van der Waals surface area contributed by atoms with Gasteiger partial charge in [-0.15, -0.1) is 0 Å². The zero-order valence-electron chi connectivity index (χ0n) is 7.99. The van der Waals surface area contributed by atoms with Crippen LogP contribution in [0.2, 0.25) is 0 Å². The van der Waals surface area contributed by atoms with Crippen molar-refractivity contribution in [3.8, 4) is 0 Å². The lowest BCUT2D eigenvalue weighted by atomic mass is 10.2. The number of anilines is 1. The van der Waals surface area contributed by atoms with E-state index in [0.717, 1.165) is 24.1 Å². The zero-order chi connectivity index (χ0) is 9.97. The van der Waals surface area contributed by atoms with Gasteiger partial charge in [-0.25, -0.2) is 0 Å². The van der Waals surface area contributed by atoms with E-state index in [-0.39, 0.29) is 11.8 Å². The first-order valence-electron chi connectivity index (χ1n) is 4.89. The van der Waals surface area contributed by atoms with Crippen LogP contribution in [0.3, 0.4) is 0 Å². The molecule has 0 atom stereocenters. The first kappa shape index (κ1) is 9.21. The second kappa shape index (κ2) is 3.80. The van der Waals surface area contributed by atoms with Crippen molar-refractivity contribution in [2.45, 2.75) is 19.4 Å². The minimum Gasteiger partial charge on any atom is -0.326 e. The number of amides is 1. The highest BCUT2D eigenvalue weighted by Crippen LogP contribution is 2.30. The van der Waals surface area contributed by atoms with Crippen LogP contribution in [-0.2, 0) is 11.3 Å². The Morgan fingerprint density at radius 3 is 2.93 bits per heavy atom. The molecule has 1 amide bonds. The fourth-order valence-electron chi connectivity index (χ4n) is 1.37. The van der Waals surface area contributed by atoms with Gasteiger partial charge < -0.3 is 11.1 Å². The molecule has 1 aliphatic carbocycles. The average Bonchev–Trinajstić information content (AvgIpc) is 3.01. The average molecular weight is 190 g/mol. The fraction of sp³-hybridized carbons (Fsp3) is 0.364. The Morgan fingerprint density at radius 2 is 2.29 bits per heavy atom. The van der Waals surface area contributed by atoms with Gasteiger partial charge in [0.05, 0.1) is 0 Å². The van der Waals surface area contributed by atoms with Crippen molar-refractivity contribution < 1.29 is 4.79 Å². The molecule has 0 aliphatic heterocycles. The normalized spacial score (nSPS) is 15.2. The van der Waals surface area contributed by atoms with E-state index in [0.29, 0.717) is 6.54 Å². The Bertz CT molecular complexity index is 345. The molecule has 0 saturated heterocycles. The largest absolute Gasteiger partial charge is 0.326 e. The van der Waals surface area contributed by atoms with Gasteiger partial charge in [0.2, 0.25) is 5.91 Å². The second-order valence-electron chi connectivity index (χ2n) is 3.67. The summed E-state index contributed by atoms with van der Waals surface area (Å²) >= 11 is 0. The molecule has 0 radical (unpaired) electrons. The van der Waals surface area contributed by atoms with Gasteiger partial charge in [0.25, 0.3) is 0 Å². The first-order valence-corrected chi connectivity index (χ1v) is 4.89. The molecule has 1 saturated carbocycles. The molecular formula is C11H14N2O. The maximum atomic E-state index is 11.4. The van der Waals surface area contributed by atoms with E-state index in [1.807, 2.05) is 24.3 Å². The van der Waals surface area contributed by atoms with Gasteiger partial charge in [0.15, 0.2) is 0 Å². The number of nitrogens with one attached hydrogen (secondary N) is 1. The van der Waals surface area contributed by atoms with Crippen molar-refractivity contribution in [3.63, 3.8) is 0 Å². The van der Waals surface area contributed by atoms with E-state index >= 15 is 0 Å². The van der Waals surface area contributed by atoms with E-state index in [1.165, 1.54) is 0 Å². The Hall–Kier alpha value is -1.35. The molecule has 1 aromatic carbocycles. The highest BCUT2D eigenvalue weighted by Gasteiger charge is 2.29. The number of carbonyl (C=O) groups is 1. The van der Waals surface area contributed by atoms with E-state index in [1.54, 1.807) is 0 Å². The molecule has 1 fully saturated rings. The number of carbonyl (C=O) groups excluding carboxylic acids is 1. The highest BCUT2D eigenvalue weighted by atomic mass is 16.2. The summed E-state index contributed by atoms with van der Waals surface area (Å²) in [7, 11) is 0. The van der Waals surface area contributed by atoms with E-state index < -0.39 is 0 Å². The van der Waals surface area contributed by atoms with Crippen LogP contribution in [0.5, 0.6) is 0 Å². The third kappa shape index (κ3) is 2.12. The SMILES string of the molecule is NCc1cccc(NC(=O)C2CC2)c1. The number of nitrogens with two attached hydrogens (primary N) is 1. The minimum atomic E-state index is 0.138. The second-order valence-corrected chi connectivity index (χ2v) is 3.67. The summed E-state index contributed by atoms with van der Waals surface area (Å²) < 4.78 is 0. The van der Waals surface area contributed by atoms with Gasteiger partial charge in [-0.2, -0.15) is 0 Å². The van der Waals surface area contributed by atoms with Gasteiger partial charge in [-0.05, 0) is 30.5 Å². The highest BCUT2D eigenvalue weighted by molar-refractivity contribution is 5.94. The summed E-state index contributed by atoms with van der Waals surface area (Å²) in [6.07, 6.45) is 2.06. The zero-order valence-corrected chi connectivity index (χ0v) is 7.99. The molecule has 0 bridgehead atoms. The van der Waals surface area contributed by atoms with Crippen molar-refractivity contribution in [1.82, 2.24) is 0 Å². The smallest absolute Gasteiger partial charge is 0.227 e. The first-order chi connectivity index (χ1) is 6.79. The summed E-state index contributed by atoms with van der Waals surface area (Å²) in [6, 6.07) is 7.66. The Labute approximate surface area is 83.3 Å².